The van der Waals surface area contributed by atoms with Crippen molar-refractivity contribution in [2.24, 2.45) is 0 Å². The van der Waals surface area contributed by atoms with E-state index in [9.17, 15) is 34.4 Å². The van der Waals surface area contributed by atoms with Crippen LogP contribution in [0.2, 0.25) is 0 Å². The number of hydrogen-bond donors (Lipinski definition) is 0. The summed E-state index contributed by atoms with van der Waals surface area (Å²) in [7, 11) is -7.08. The fourth-order valence-electron chi connectivity index (χ4n) is 6.62. The third-order valence-electron chi connectivity index (χ3n) is 9.64. The van der Waals surface area contributed by atoms with Crippen LogP contribution in [0.4, 0.5) is 27.8 Å². The Balaban J connectivity index is 0.000000181. The summed E-state index contributed by atoms with van der Waals surface area (Å²) in [6.45, 7) is 3.57. The van der Waals surface area contributed by atoms with E-state index in [4.69, 9.17) is 0 Å². The number of piperazine rings is 2. The van der Waals surface area contributed by atoms with Crippen LogP contribution in [0.1, 0.15) is 22.5 Å². The van der Waals surface area contributed by atoms with Crippen molar-refractivity contribution in [1.82, 2.24) is 18.6 Å². The second-order valence-electron chi connectivity index (χ2n) is 13.8. The Morgan fingerprint density at radius 3 is 1.42 bits per heavy atom. The Morgan fingerprint density at radius 1 is 0.533 bits per heavy atom. The molecule has 0 unspecified atom stereocenters. The largest absolute Gasteiger partial charge is 0.345 e. The number of anilines is 2. The number of rotatable bonds is 10. The maximum Gasteiger partial charge on any atom is 0.243 e. The van der Waals surface area contributed by atoms with Crippen LogP contribution in [-0.4, -0.2) is 87.8 Å². The molecule has 0 saturated carbocycles. The molecule has 0 bridgehead atoms. The van der Waals surface area contributed by atoms with Crippen molar-refractivity contribution < 1.29 is 34.4 Å². The Labute approximate surface area is 370 Å². The highest BCUT2D eigenvalue weighted by atomic mass is 79.9. The smallest absolute Gasteiger partial charge is 0.243 e. The van der Waals surface area contributed by atoms with Gasteiger partial charge in [0.2, 0.25) is 20.0 Å². The lowest BCUT2D eigenvalue weighted by atomic mass is 10.1. The van der Waals surface area contributed by atoms with Gasteiger partial charge in [0, 0.05) is 91.0 Å². The van der Waals surface area contributed by atoms with Crippen molar-refractivity contribution in [3.05, 3.63) is 150 Å². The number of benzene rings is 4. The van der Waals surface area contributed by atoms with Gasteiger partial charge in [-0.25, -0.2) is 44.4 Å². The molecule has 2 aromatic heterocycles. The maximum atomic E-state index is 13.4. The third kappa shape index (κ3) is 10.8. The summed E-state index contributed by atoms with van der Waals surface area (Å²) >= 11 is 9.53. The Bertz CT molecular complexity index is 2670. The molecular weight excluding hydrogens is 993 g/mol. The standard InChI is InChI=1S/2C20H18BrF2N3O2S2/c21-15-2-1-3-19(11-15)30(27,28)26-6-4-25(5-7-26)20-24-18(13-29-20)10-14-8-16(22)12-17(23)9-14;21-15-2-1-3-17(12-15)30(27,28)26-8-6-25(7-9-26)20-24-16(13-29-20)10-14-4-5-18(22)19(23)11-14/h1-3,8-9,11-13H,4-7,10H2;1-5,11-13H,6-10H2. The molecule has 0 radical (unpaired) electrons. The van der Waals surface area contributed by atoms with Crippen LogP contribution in [0.25, 0.3) is 0 Å². The average Bonchev–Trinajstić information content (AvgIpc) is 3.89. The number of aromatic nitrogens is 2. The van der Waals surface area contributed by atoms with Crippen molar-refractivity contribution in [2.45, 2.75) is 22.6 Å². The highest BCUT2D eigenvalue weighted by Crippen LogP contribution is 2.28. The van der Waals surface area contributed by atoms with Gasteiger partial charge in [0.25, 0.3) is 0 Å². The van der Waals surface area contributed by atoms with Crippen molar-refractivity contribution in [3.63, 3.8) is 0 Å². The van der Waals surface area contributed by atoms with Crippen molar-refractivity contribution in [3.8, 4) is 0 Å². The van der Waals surface area contributed by atoms with Crippen molar-refractivity contribution in [2.75, 3.05) is 62.2 Å². The van der Waals surface area contributed by atoms with E-state index in [1.807, 2.05) is 20.6 Å². The van der Waals surface area contributed by atoms with E-state index in [2.05, 4.69) is 41.8 Å². The first-order chi connectivity index (χ1) is 28.6. The van der Waals surface area contributed by atoms with Gasteiger partial charge in [0.1, 0.15) is 11.6 Å². The molecular formula is C40H36Br2F4N6O4S4. The number of hydrogen-bond acceptors (Lipinski definition) is 10. The summed E-state index contributed by atoms with van der Waals surface area (Å²) in [5.41, 5.74) is 2.67. The molecule has 0 N–H and O–H groups in total. The van der Waals surface area contributed by atoms with Crippen molar-refractivity contribution >= 4 is 84.8 Å². The quantitative estimate of drug-likeness (QED) is 0.126. The normalized spacial score (nSPS) is 15.5. The molecule has 316 valence electrons. The van der Waals surface area contributed by atoms with E-state index >= 15 is 0 Å². The molecule has 6 aromatic rings. The zero-order valence-corrected chi connectivity index (χ0v) is 38.0. The maximum absolute atomic E-state index is 13.4. The van der Waals surface area contributed by atoms with Crippen LogP contribution in [0, 0.1) is 23.3 Å². The predicted octanol–water partition coefficient (Wildman–Crippen LogP) is 8.57. The zero-order valence-electron chi connectivity index (χ0n) is 31.5. The molecule has 4 heterocycles. The topological polar surface area (TPSA) is 107 Å². The van der Waals surface area contributed by atoms with E-state index in [1.165, 1.54) is 49.5 Å². The second kappa shape index (κ2) is 19.1. The molecule has 2 fully saturated rings. The molecule has 2 aliphatic heterocycles. The fraction of sp³-hybridized carbons (Fsp3) is 0.250. The first-order valence-electron chi connectivity index (χ1n) is 18.4. The molecule has 20 heteroatoms. The summed E-state index contributed by atoms with van der Waals surface area (Å²) < 4.78 is 109. The molecule has 0 atom stereocenters. The number of halogens is 6. The van der Waals surface area contributed by atoms with E-state index < -0.39 is 43.3 Å². The van der Waals surface area contributed by atoms with Gasteiger partial charge in [-0.3, -0.25) is 0 Å². The van der Waals surface area contributed by atoms with Crippen LogP contribution in [0.3, 0.4) is 0 Å². The average molecular weight is 1030 g/mol. The Kier molecular flexibility index (Phi) is 14.1. The molecule has 0 spiro atoms. The minimum atomic E-state index is -3.55. The molecule has 2 saturated heterocycles. The summed E-state index contributed by atoms with van der Waals surface area (Å²) in [4.78, 5) is 13.8. The van der Waals surface area contributed by atoms with Gasteiger partial charge in [-0.05, 0) is 71.8 Å². The van der Waals surface area contributed by atoms with Gasteiger partial charge in [-0.2, -0.15) is 8.61 Å². The highest BCUT2D eigenvalue weighted by molar-refractivity contribution is 9.10. The van der Waals surface area contributed by atoms with Gasteiger partial charge < -0.3 is 9.80 Å². The minimum absolute atomic E-state index is 0.268. The van der Waals surface area contributed by atoms with Crippen LogP contribution < -0.4 is 9.80 Å². The lowest BCUT2D eigenvalue weighted by Crippen LogP contribution is -2.48. The van der Waals surface area contributed by atoms with Crippen LogP contribution in [-0.2, 0) is 32.9 Å². The lowest BCUT2D eigenvalue weighted by Gasteiger charge is -2.33. The van der Waals surface area contributed by atoms with E-state index in [1.54, 1.807) is 54.6 Å². The minimum Gasteiger partial charge on any atom is -0.345 e. The Morgan fingerprint density at radius 2 is 0.983 bits per heavy atom. The SMILES string of the molecule is O=S(=O)(c1cccc(Br)c1)N1CCN(c2nc(Cc3cc(F)cc(F)c3)cs2)CC1.O=S(=O)(c1cccc(Br)c1)N1CCN(c2nc(Cc3ccc(F)c(F)c3)cs2)CC1. The van der Waals surface area contributed by atoms with E-state index in [0.717, 1.165) is 42.7 Å². The molecule has 0 aliphatic carbocycles. The van der Waals surface area contributed by atoms with E-state index in [-0.39, 0.29) is 9.79 Å². The zero-order chi connectivity index (χ0) is 42.6. The van der Waals surface area contributed by atoms with Gasteiger partial charge in [-0.1, -0.05) is 50.1 Å². The number of nitrogens with zero attached hydrogens (tertiary/aromatic N) is 6. The summed E-state index contributed by atoms with van der Waals surface area (Å²) in [5, 5.41) is 5.33. The summed E-state index contributed by atoms with van der Waals surface area (Å²) in [5.74, 6) is -2.95. The van der Waals surface area contributed by atoms with Gasteiger partial charge in [-0.15, -0.1) is 22.7 Å². The summed E-state index contributed by atoms with van der Waals surface area (Å²) in [6.07, 6.45) is 0.743. The summed E-state index contributed by atoms with van der Waals surface area (Å²) in [6, 6.07) is 20.7. The molecule has 8 rings (SSSR count). The predicted molar refractivity (Wildman–Crippen MR) is 233 cm³/mol. The lowest BCUT2D eigenvalue weighted by molar-refractivity contribution is 0.384. The van der Waals surface area contributed by atoms with Crippen molar-refractivity contribution in [1.29, 1.82) is 0 Å². The third-order valence-corrected chi connectivity index (χ3v) is 16.3. The van der Waals surface area contributed by atoms with E-state index in [0.29, 0.717) is 76.3 Å². The molecule has 0 amide bonds. The molecule has 2 aliphatic rings. The van der Waals surface area contributed by atoms with Crippen LogP contribution >= 0.6 is 54.5 Å². The van der Waals surface area contributed by atoms with Crippen LogP contribution in [0.15, 0.2) is 114 Å². The number of sulfonamides is 2. The van der Waals surface area contributed by atoms with Crippen LogP contribution in [0.5, 0.6) is 0 Å². The van der Waals surface area contributed by atoms with Gasteiger partial charge in [0.05, 0.1) is 21.2 Å². The first kappa shape index (κ1) is 44.3. The molecule has 60 heavy (non-hydrogen) atoms. The van der Waals surface area contributed by atoms with Gasteiger partial charge >= 0.3 is 0 Å². The highest BCUT2D eigenvalue weighted by Gasteiger charge is 2.31. The Hall–Kier alpha value is -3.76. The van der Waals surface area contributed by atoms with Gasteiger partial charge in [0.15, 0.2) is 21.9 Å². The monoisotopic (exact) mass is 1030 g/mol. The number of thiazole rings is 2. The fourth-order valence-corrected chi connectivity index (χ4v) is 12.4. The first-order valence-corrected chi connectivity index (χ1v) is 24.7. The molecule has 10 nitrogen and oxygen atoms in total. The molecule has 4 aromatic carbocycles. The second-order valence-corrected chi connectivity index (χ2v) is 21.2.